The van der Waals surface area contributed by atoms with Crippen LogP contribution in [0.1, 0.15) is 11.1 Å². The molecule has 0 N–H and O–H groups in total. The Kier molecular flexibility index (Phi) is 6.38. The van der Waals surface area contributed by atoms with Gasteiger partial charge in [-0.25, -0.2) is 4.79 Å². The molecule has 8 heteroatoms. The maximum Gasteiger partial charge on any atom is 0.343 e. The summed E-state index contributed by atoms with van der Waals surface area (Å²) >= 11 is 6.85. The summed E-state index contributed by atoms with van der Waals surface area (Å²) in [6.45, 7) is -0.0128. The number of hydrogen-bond acceptors (Lipinski definition) is 6. The number of nitrogens with zero attached hydrogens (tertiary/aromatic N) is 1. The third kappa shape index (κ3) is 4.94. The molecule has 0 aromatic heterocycles. The van der Waals surface area contributed by atoms with Gasteiger partial charge in [-0.2, -0.15) is 0 Å². The number of halogens is 1. The second-order valence-corrected chi connectivity index (χ2v) is 7.26. The van der Waals surface area contributed by atoms with E-state index in [-0.39, 0.29) is 24.3 Å². The molecule has 1 heterocycles. The molecule has 1 aliphatic heterocycles. The number of hydrogen-bond donors (Lipinski definition) is 0. The number of carbonyl (C=O) groups excluding carboxylic acids is 3. The van der Waals surface area contributed by atoms with Gasteiger partial charge in [0, 0.05) is 5.02 Å². The van der Waals surface area contributed by atoms with Crippen LogP contribution in [0.15, 0.2) is 53.4 Å². The number of thioether (sulfide) groups is 1. The van der Waals surface area contributed by atoms with E-state index in [9.17, 15) is 14.4 Å². The maximum absolute atomic E-state index is 12.6. The van der Waals surface area contributed by atoms with Gasteiger partial charge in [0.25, 0.3) is 11.1 Å². The highest BCUT2D eigenvalue weighted by Gasteiger charge is 2.34. The molecule has 0 saturated carbocycles. The van der Waals surface area contributed by atoms with Crippen molar-refractivity contribution in [2.75, 3.05) is 13.7 Å². The van der Waals surface area contributed by atoms with Crippen molar-refractivity contribution in [3.63, 3.8) is 0 Å². The molecule has 0 spiro atoms. The van der Waals surface area contributed by atoms with Crippen LogP contribution in [0.5, 0.6) is 5.75 Å². The molecule has 144 valence electrons. The largest absolute Gasteiger partial charge is 0.482 e. The topological polar surface area (TPSA) is 72.9 Å². The van der Waals surface area contributed by atoms with Crippen LogP contribution in [0.4, 0.5) is 4.79 Å². The fourth-order valence-electron chi connectivity index (χ4n) is 2.47. The number of imide groups is 1. The number of amides is 2. The number of esters is 1. The Balaban J connectivity index is 1.68. The number of carbonyl (C=O) groups is 3. The van der Waals surface area contributed by atoms with Crippen LogP contribution < -0.4 is 4.74 Å². The van der Waals surface area contributed by atoms with Crippen molar-refractivity contribution in [3.8, 4) is 5.75 Å². The third-order valence-electron chi connectivity index (χ3n) is 3.87. The lowest BCUT2D eigenvalue weighted by Crippen LogP contribution is -2.27. The van der Waals surface area contributed by atoms with Gasteiger partial charge in [-0.05, 0) is 53.2 Å². The molecule has 1 aliphatic rings. The summed E-state index contributed by atoms with van der Waals surface area (Å²) < 4.78 is 9.78. The van der Waals surface area contributed by atoms with E-state index in [0.717, 1.165) is 22.9 Å². The molecule has 6 nitrogen and oxygen atoms in total. The zero-order chi connectivity index (χ0) is 20.1. The van der Waals surface area contributed by atoms with Crippen molar-refractivity contribution >= 4 is 46.6 Å². The van der Waals surface area contributed by atoms with Gasteiger partial charge >= 0.3 is 5.97 Å². The van der Waals surface area contributed by atoms with E-state index in [0.29, 0.717) is 15.7 Å². The second-order valence-electron chi connectivity index (χ2n) is 5.83. The predicted octanol–water partition coefficient (Wildman–Crippen LogP) is 4.13. The van der Waals surface area contributed by atoms with Crippen molar-refractivity contribution < 1.29 is 23.9 Å². The molecule has 2 aromatic carbocycles. The molecule has 1 fully saturated rings. The fraction of sp³-hybridized carbons (Fsp3) is 0.150. The maximum atomic E-state index is 12.6. The minimum absolute atomic E-state index is 0.170. The fourth-order valence-corrected chi connectivity index (χ4v) is 3.52. The van der Waals surface area contributed by atoms with E-state index in [1.807, 2.05) is 6.07 Å². The van der Waals surface area contributed by atoms with Gasteiger partial charge in [0.05, 0.1) is 18.6 Å². The first kappa shape index (κ1) is 20.0. The smallest absolute Gasteiger partial charge is 0.343 e. The number of ether oxygens (including phenoxy) is 2. The molecular weight excluding hydrogens is 402 g/mol. The Morgan fingerprint density at radius 1 is 1.18 bits per heavy atom. The first-order valence-corrected chi connectivity index (χ1v) is 9.45. The Morgan fingerprint density at radius 2 is 1.93 bits per heavy atom. The van der Waals surface area contributed by atoms with Gasteiger partial charge in [-0.1, -0.05) is 35.9 Å². The molecule has 0 aliphatic carbocycles. The van der Waals surface area contributed by atoms with Crippen LogP contribution in [0.25, 0.3) is 6.08 Å². The SMILES string of the molecule is COC(=O)COc1ccc(/C=C2\SC(=O)N(Cc3cccc(Cl)c3)C2=O)cc1. The van der Waals surface area contributed by atoms with E-state index in [4.69, 9.17) is 16.3 Å². The molecular formula is C20H16ClNO5S. The Labute approximate surface area is 171 Å². The van der Waals surface area contributed by atoms with E-state index < -0.39 is 5.97 Å². The Morgan fingerprint density at radius 3 is 2.61 bits per heavy atom. The lowest BCUT2D eigenvalue weighted by atomic mass is 10.2. The molecule has 1 saturated heterocycles. The van der Waals surface area contributed by atoms with Gasteiger partial charge in [0.15, 0.2) is 6.61 Å². The van der Waals surface area contributed by atoms with Crippen LogP contribution in [0.2, 0.25) is 5.02 Å². The lowest BCUT2D eigenvalue weighted by molar-refractivity contribution is -0.142. The number of benzene rings is 2. The predicted molar refractivity (Wildman–Crippen MR) is 107 cm³/mol. The number of methoxy groups -OCH3 is 1. The van der Waals surface area contributed by atoms with E-state index in [1.165, 1.54) is 12.0 Å². The summed E-state index contributed by atoms with van der Waals surface area (Å²) in [7, 11) is 1.29. The first-order chi connectivity index (χ1) is 13.5. The van der Waals surface area contributed by atoms with Crippen LogP contribution in [0.3, 0.4) is 0 Å². The standard InChI is InChI=1S/C20H16ClNO5S/c1-26-18(23)12-27-16-7-5-13(6-8-16)10-17-19(24)22(20(25)28-17)11-14-3-2-4-15(21)9-14/h2-10H,11-12H2,1H3/b17-10-. The Hall–Kier alpha value is -2.77. The van der Waals surface area contributed by atoms with Gasteiger partial charge in [0.1, 0.15) is 5.75 Å². The highest BCUT2D eigenvalue weighted by atomic mass is 35.5. The molecule has 0 atom stereocenters. The highest BCUT2D eigenvalue weighted by molar-refractivity contribution is 8.18. The Bertz CT molecular complexity index is 942. The summed E-state index contributed by atoms with van der Waals surface area (Å²) in [5.74, 6) is -0.324. The number of rotatable bonds is 6. The van der Waals surface area contributed by atoms with Crippen molar-refractivity contribution in [1.82, 2.24) is 4.90 Å². The molecule has 0 unspecified atom stereocenters. The lowest BCUT2D eigenvalue weighted by Gasteiger charge is -2.12. The summed E-state index contributed by atoms with van der Waals surface area (Å²) in [4.78, 5) is 37.5. The van der Waals surface area contributed by atoms with Crippen molar-refractivity contribution in [2.45, 2.75) is 6.54 Å². The molecule has 0 radical (unpaired) electrons. The minimum Gasteiger partial charge on any atom is -0.482 e. The zero-order valence-electron chi connectivity index (χ0n) is 14.9. The average Bonchev–Trinajstić information content (AvgIpc) is 2.94. The van der Waals surface area contributed by atoms with Crippen molar-refractivity contribution in [2.24, 2.45) is 0 Å². The molecule has 28 heavy (non-hydrogen) atoms. The van der Waals surface area contributed by atoms with E-state index in [2.05, 4.69) is 4.74 Å². The van der Waals surface area contributed by atoms with Gasteiger partial charge in [0.2, 0.25) is 0 Å². The first-order valence-electron chi connectivity index (χ1n) is 8.26. The molecule has 2 amide bonds. The monoisotopic (exact) mass is 417 g/mol. The van der Waals surface area contributed by atoms with Crippen molar-refractivity contribution in [1.29, 1.82) is 0 Å². The van der Waals surface area contributed by atoms with E-state index >= 15 is 0 Å². The summed E-state index contributed by atoms with van der Waals surface area (Å²) in [5.41, 5.74) is 1.52. The van der Waals surface area contributed by atoms with Gasteiger partial charge in [-0.15, -0.1) is 0 Å². The average molecular weight is 418 g/mol. The molecule has 0 bridgehead atoms. The van der Waals surface area contributed by atoms with Crippen LogP contribution in [-0.4, -0.2) is 35.7 Å². The van der Waals surface area contributed by atoms with Crippen molar-refractivity contribution in [3.05, 3.63) is 69.6 Å². The highest BCUT2D eigenvalue weighted by Crippen LogP contribution is 2.33. The summed E-state index contributed by atoms with van der Waals surface area (Å²) in [6.07, 6.45) is 1.65. The van der Waals surface area contributed by atoms with E-state index in [1.54, 1.807) is 48.5 Å². The molecule has 3 rings (SSSR count). The van der Waals surface area contributed by atoms with Crippen LogP contribution in [-0.2, 0) is 20.9 Å². The summed E-state index contributed by atoms with van der Waals surface area (Å²) in [6, 6.07) is 13.9. The zero-order valence-corrected chi connectivity index (χ0v) is 16.5. The summed E-state index contributed by atoms with van der Waals surface area (Å²) in [5, 5.41) is 0.226. The van der Waals surface area contributed by atoms with Crippen LogP contribution in [0, 0.1) is 0 Å². The van der Waals surface area contributed by atoms with Gasteiger partial charge < -0.3 is 9.47 Å². The van der Waals surface area contributed by atoms with Crippen LogP contribution >= 0.6 is 23.4 Å². The quantitative estimate of drug-likeness (QED) is 0.519. The molecule has 2 aromatic rings. The minimum atomic E-state index is -0.475. The van der Waals surface area contributed by atoms with Gasteiger partial charge in [-0.3, -0.25) is 14.5 Å². The normalized spacial score (nSPS) is 15.2. The third-order valence-corrected chi connectivity index (χ3v) is 5.01. The second kappa shape index (κ2) is 8.95.